The van der Waals surface area contributed by atoms with Gasteiger partial charge in [0.25, 0.3) is 0 Å². The van der Waals surface area contributed by atoms with Gasteiger partial charge in [0.2, 0.25) is 0 Å². The summed E-state index contributed by atoms with van der Waals surface area (Å²) >= 11 is 0. The van der Waals surface area contributed by atoms with Crippen molar-refractivity contribution < 1.29 is 5.11 Å². The highest BCUT2D eigenvalue weighted by Crippen LogP contribution is 2.37. The number of aliphatic hydroxyl groups is 1. The second kappa shape index (κ2) is 7.77. The highest BCUT2D eigenvalue weighted by molar-refractivity contribution is 4.96. The Labute approximate surface area is 125 Å². The Morgan fingerprint density at radius 1 is 1.20 bits per heavy atom. The van der Waals surface area contributed by atoms with Crippen LogP contribution in [0.15, 0.2) is 0 Å². The summed E-state index contributed by atoms with van der Waals surface area (Å²) in [6.07, 6.45) is 8.38. The van der Waals surface area contributed by atoms with E-state index in [-0.39, 0.29) is 5.54 Å². The smallest absolute Gasteiger partial charge is 0.0603 e. The first kappa shape index (κ1) is 17.9. The van der Waals surface area contributed by atoms with E-state index >= 15 is 0 Å². The molecule has 0 aromatic carbocycles. The van der Waals surface area contributed by atoms with E-state index in [1.54, 1.807) is 0 Å². The van der Waals surface area contributed by atoms with Crippen LogP contribution < -0.4 is 5.73 Å². The molecule has 120 valence electrons. The molecule has 0 bridgehead atoms. The lowest BCUT2D eigenvalue weighted by Gasteiger charge is -2.48. The summed E-state index contributed by atoms with van der Waals surface area (Å²) in [6.45, 7) is 11.2. The van der Waals surface area contributed by atoms with Gasteiger partial charge >= 0.3 is 0 Å². The molecule has 0 heterocycles. The molecule has 0 aliphatic heterocycles. The first-order chi connectivity index (χ1) is 9.37. The molecule has 1 aliphatic rings. The summed E-state index contributed by atoms with van der Waals surface area (Å²) in [5.41, 5.74) is 5.80. The van der Waals surface area contributed by atoms with Crippen molar-refractivity contribution in [3.05, 3.63) is 0 Å². The summed E-state index contributed by atoms with van der Waals surface area (Å²) in [6, 6.07) is 0. The van der Waals surface area contributed by atoms with Gasteiger partial charge in [-0.3, -0.25) is 4.90 Å². The summed E-state index contributed by atoms with van der Waals surface area (Å²) in [4.78, 5) is 2.58. The van der Waals surface area contributed by atoms with Crippen molar-refractivity contribution in [2.75, 3.05) is 19.6 Å². The van der Waals surface area contributed by atoms with E-state index in [1.165, 1.54) is 32.1 Å². The Morgan fingerprint density at radius 3 is 2.20 bits per heavy atom. The van der Waals surface area contributed by atoms with Crippen LogP contribution in [-0.4, -0.2) is 40.8 Å². The SMILES string of the molecule is CCCN(CCC(C)(C)O)C1(CN)CCC(CC)CC1. The van der Waals surface area contributed by atoms with Crippen LogP contribution in [0.4, 0.5) is 0 Å². The van der Waals surface area contributed by atoms with Gasteiger partial charge in [0.1, 0.15) is 0 Å². The summed E-state index contributed by atoms with van der Waals surface area (Å²) < 4.78 is 0. The van der Waals surface area contributed by atoms with Gasteiger partial charge in [-0.25, -0.2) is 0 Å². The molecule has 0 atom stereocenters. The number of hydrogen-bond acceptors (Lipinski definition) is 3. The molecule has 0 spiro atoms. The Morgan fingerprint density at radius 2 is 1.80 bits per heavy atom. The number of nitrogens with zero attached hydrogens (tertiary/aromatic N) is 1. The molecular formula is C17H36N2O. The van der Waals surface area contributed by atoms with Crippen molar-refractivity contribution >= 4 is 0 Å². The minimum Gasteiger partial charge on any atom is -0.390 e. The monoisotopic (exact) mass is 284 g/mol. The maximum Gasteiger partial charge on any atom is 0.0603 e. The van der Waals surface area contributed by atoms with Gasteiger partial charge in [-0.1, -0.05) is 20.3 Å². The molecule has 1 saturated carbocycles. The molecular weight excluding hydrogens is 248 g/mol. The quantitative estimate of drug-likeness (QED) is 0.720. The highest BCUT2D eigenvalue weighted by atomic mass is 16.3. The lowest BCUT2D eigenvalue weighted by molar-refractivity contribution is 0.00770. The fourth-order valence-electron chi connectivity index (χ4n) is 3.54. The Balaban J connectivity index is 2.70. The van der Waals surface area contributed by atoms with Gasteiger partial charge in [-0.05, 0) is 64.8 Å². The molecule has 0 radical (unpaired) electrons. The maximum absolute atomic E-state index is 10.0. The van der Waals surface area contributed by atoms with E-state index in [9.17, 15) is 5.11 Å². The molecule has 0 amide bonds. The third-order valence-electron chi connectivity index (χ3n) is 5.15. The minimum absolute atomic E-state index is 0.187. The highest BCUT2D eigenvalue weighted by Gasteiger charge is 2.38. The van der Waals surface area contributed by atoms with Crippen LogP contribution in [0.3, 0.4) is 0 Å². The fourth-order valence-corrected chi connectivity index (χ4v) is 3.54. The van der Waals surface area contributed by atoms with Crippen LogP contribution in [0.1, 0.15) is 72.6 Å². The van der Waals surface area contributed by atoms with E-state index in [4.69, 9.17) is 5.73 Å². The summed E-state index contributed by atoms with van der Waals surface area (Å²) in [7, 11) is 0. The van der Waals surface area contributed by atoms with Gasteiger partial charge in [-0.2, -0.15) is 0 Å². The molecule has 1 rings (SSSR count). The molecule has 3 heteroatoms. The molecule has 1 fully saturated rings. The third-order valence-corrected chi connectivity index (χ3v) is 5.15. The predicted molar refractivity (Wildman–Crippen MR) is 86.8 cm³/mol. The van der Waals surface area contributed by atoms with Crippen LogP contribution >= 0.6 is 0 Å². The van der Waals surface area contributed by atoms with Crippen molar-refractivity contribution in [3.63, 3.8) is 0 Å². The lowest BCUT2D eigenvalue weighted by atomic mass is 9.74. The molecule has 3 nitrogen and oxygen atoms in total. The Bertz CT molecular complexity index is 265. The number of rotatable bonds is 8. The van der Waals surface area contributed by atoms with Gasteiger partial charge in [0.05, 0.1) is 5.60 Å². The predicted octanol–water partition coefficient (Wildman–Crippen LogP) is 3.16. The zero-order valence-electron chi connectivity index (χ0n) is 14.1. The zero-order chi connectivity index (χ0) is 15.2. The molecule has 0 unspecified atom stereocenters. The molecule has 3 N–H and O–H groups in total. The van der Waals surface area contributed by atoms with Crippen LogP contribution in [-0.2, 0) is 0 Å². The van der Waals surface area contributed by atoms with Gasteiger partial charge < -0.3 is 10.8 Å². The van der Waals surface area contributed by atoms with Crippen LogP contribution in [0.25, 0.3) is 0 Å². The topological polar surface area (TPSA) is 49.5 Å². The van der Waals surface area contributed by atoms with E-state index in [2.05, 4.69) is 18.7 Å². The fraction of sp³-hybridized carbons (Fsp3) is 1.00. The molecule has 1 aliphatic carbocycles. The molecule has 0 saturated heterocycles. The first-order valence-corrected chi connectivity index (χ1v) is 8.54. The second-order valence-corrected chi connectivity index (χ2v) is 7.33. The lowest BCUT2D eigenvalue weighted by Crippen LogP contribution is -2.56. The molecule has 0 aromatic heterocycles. The van der Waals surface area contributed by atoms with Crippen molar-refractivity contribution in [1.82, 2.24) is 4.90 Å². The summed E-state index contributed by atoms with van der Waals surface area (Å²) in [5, 5.41) is 10.0. The Hall–Kier alpha value is -0.120. The van der Waals surface area contributed by atoms with E-state index < -0.39 is 5.60 Å². The summed E-state index contributed by atoms with van der Waals surface area (Å²) in [5.74, 6) is 0.896. The van der Waals surface area contributed by atoms with Crippen molar-refractivity contribution in [2.45, 2.75) is 83.8 Å². The van der Waals surface area contributed by atoms with Gasteiger partial charge in [-0.15, -0.1) is 0 Å². The van der Waals surface area contributed by atoms with Gasteiger partial charge in [0.15, 0.2) is 0 Å². The standard InChI is InChI=1S/C17H36N2O/c1-5-12-19(13-11-16(3,4)20)17(14-18)9-7-15(6-2)8-10-17/h15,20H,5-14,18H2,1-4H3. The minimum atomic E-state index is -0.581. The number of hydrogen-bond donors (Lipinski definition) is 2. The second-order valence-electron chi connectivity index (χ2n) is 7.33. The van der Waals surface area contributed by atoms with Crippen LogP contribution in [0.2, 0.25) is 0 Å². The molecule has 0 aromatic rings. The molecule has 20 heavy (non-hydrogen) atoms. The largest absolute Gasteiger partial charge is 0.390 e. The van der Waals surface area contributed by atoms with Crippen LogP contribution in [0, 0.1) is 5.92 Å². The first-order valence-electron chi connectivity index (χ1n) is 8.54. The van der Waals surface area contributed by atoms with Crippen LogP contribution in [0.5, 0.6) is 0 Å². The van der Waals surface area contributed by atoms with E-state index in [0.717, 1.165) is 38.4 Å². The zero-order valence-corrected chi connectivity index (χ0v) is 14.1. The van der Waals surface area contributed by atoms with Crippen molar-refractivity contribution in [1.29, 1.82) is 0 Å². The normalized spacial score (nSPS) is 28.1. The van der Waals surface area contributed by atoms with Gasteiger partial charge in [0, 0.05) is 18.6 Å². The average molecular weight is 284 g/mol. The number of nitrogens with two attached hydrogens (primary N) is 1. The third kappa shape index (κ3) is 5.01. The Kier molecular flexibility index (Phi) is 6.96. The average Bonchev–Trinajstić information content (AvgIpc) is 2.42. The van der Waals surface area contributed by atoms with Crippen molar-refractivity contribution in [2.24, 2.45) is 11.7 Å². The van der Waals surface area contributed by atoms with E-state index in [0.29, 0.717) is 0 Å². The van der Waals surface area contributed by atoms with Crippen molar-refractivity contribution in [3.8, 4) is 0 Å². The van der Waals surface area contributed by atoms with E-state index in [1.807, 2.05) is 13.8 Å². The maximum atomic E-state index is 10.0.